The van der Waals surface area contributed by atoms with Gasteiger partial charge in [0.15, 0.2) is 0 Å². The molecule has 2 aliphatic heterocycles. The zero-order valence-electron chi connectivity index (χ0n) is 32.6. The van der Waals surface area contributed by atoms with E-state index in [4.69, 9.17) is 28.4 Å². The van der Waals surface area contributed by atoms with E-state index in [1.54, 1.807) is 0 Å². The summed E-state index contributed by atoms with van der Waals surface area (Å²) in [6.07, 6.45) is 25.6. The van der Waals surface area contributed by atoms with E-state index in [2.05, 4.69) is 27.7 Å². The van der Waals surface area contributed by atoms with Gasteiger partial charge in [-0.15, -0.1) is 0 Å². The quantitative estimate of drug-likeness (QED) is 0.100. The monoisotopic (exact) mass is 705 g/mol. The first-order valence-electron chi connectivity index (χ1n) is 21.5. The van der Waals surface area contributed by atoms with Crippen molar-refractivity contribution in [2.24, 2.45) is 40.4 Å². The molecular formula is C43H76O7. The molecule has 0 bridgehead atoms. The molecule has 0 aromatic rings. The molecule has 0 aromatic carbocycles. The standard InChI is InChI=1S/C43H76O7/c1-42(2,33-14-20-38(21-15-33)47-27-40-29-49-40)32-10-8-31(9-11-32)7-5-6-24-45-25-36(44)26-46-37-18-12-34(13-19-37)43(3,4)35-16-22-39(23-17-35)48-28-41-30-50-41/h31-41,44H,5-30H2,1-4H3. The molecule has 2 saturated heterocycles. The zero-order chi connectivity index (χ0) is 35.0. The van der Waals surface area contributed by atoms with Crippen LogP contribution >= 0.6 is 0 Å². The number of rotatable bonds is 20. The summed E-state index contributed by atoms with van der Waals surface area (Å²) in [7, 11) is 0. The molecule has 50 heavy (non-hydrogen) atoms. The summed E-state index contributed by atoms with van der Waals surface area (Å²) in [5.74, 6) is 4.17. The Morgan fingerprint density at radius 1 is 0.540 bits per heavy atom. The van der Waals surface area contributed by atoms with Crippen LogP contribution in [-0.2, 0) is 28.4 Å². The van der Waals surface area contributed by atoms with E-state index in [0.717, 1.165) is 81.9 Å². The largest absolute Gasteiger partial charge is 0.388 e. The van der Waals surface area contributed by atoms with Gasteiger partial charge >= 0.3 is 0 Å². The lowest BCUT2D eigenvalue weighted by Gasteiger charge is -2.46. The molecule has 3 atom stereocenters. The van der Waals surface area contributed by atoms with Gasteiger partial charge in [0.1, 0.15) is 18.3 Å². The highest BCUT2D eigenvalue weighted by Crippen LogP contribution is 2.51. The minimum atomic E-state index is -0.522. The predicted molar refractivity (Wildman–Crippen MR) is 198 cm³/mol. The Hall–Kier alpha value is -0.280. The minimum Gasteiger partial charge on any atom is -0.388 e. The van der Waals surface area contributed by atoms with Crippen molar-refractivity contribution in [3.05, 3.63) is 0 Å². The van der Waals surface area contributed by atoms with E-state index in [1.165, 1.54) is 103 Å². The van der Waals surface area contributed by atoms with Crippen molar-refractivity contribution < 1.29 is 33.5 Å². The third-order valence-electron chi connectivity index (χ3n) is 14.9. The van der Waals surface area contributed by atoms with E-state index in [0.29, 0.717) is 48.5 Å². The van der Waals surface area contributed by atoms with Gasteiger partial charge in [0.25, 0.3) is 0 Å². The normalized spacial score (nSPS) is 37.4. The lowest BCUT2D eigenvalue weighted by atomic mass is 9.59. The van der Waals surface area contributed by atoms with Crippen molar-refractivity contribution in [3.63, 3.8) is 0 Å². The number of aliphatic hydroxyl groups excluding tert-OH is 1. The number of ether oxygens (including phenoxy) is 6. The van der Waals surface area contributed by atoms with Crippen LogP contribution in [0.3, 0.4) is 0 Å². The van der Waals surface area contributed by atoms with Crippen LogP contribution in [0.4, 0.5) is 0 Å². The first-order chi connectivity index (χ1) is 24.2. The van der Waals surface area contributed by atoms with Crippen LogP contribution in [0.2, 0.25) is 0 Å². The fourth-order valence-corrected chi connectivity index (χ4v) is 10.7. The van der Waals surface area contributed by atoms with E-state index in [-0.39, 0.29) is 6.10 Å². The Balaban J connectivity index is 0.752. The summed E-state index contributed by atoms with van der Waals surface area (Å²) in [5.41, 5.74) is 0.825. The Kier molecular flexibility index (Phi) is 14.9. The Labute approximate surface area is 306 Å². The van der Waals surface area contributed by atoms with Gasteiger partial charge in [-0.05, 0) is 137 Å². The summed E-state index contributed by atoms with van der Waals surface area (Å²) in [5, 5.41) is 10.6. The van der Waals surface area contributed by atoms with Crippen LogP contribution in [0.5, 0.6) is 0 Å². The van der Waals surface area contributed by atoms with Crippen molar-refractivity contribution >= 4 is 0 Å². The molecule has 7 heteroatoms. The molecule has 6 rings (SSSR count). The predicted octanol–water partition coefficient (Wildman–Crippen LogP) is 8.92. The smallest absolute Gasteiger partial charge is 0.104 e. The summed E-state index contributed by atoms with van der Waals surface area (Å²) in [6, 6.07) is 0. The average molecular weight is 705 g/mol. The second kappa shape index (κ2) is 18.8. The van der Waals surface area contributed by atoms with E-state index in [1.807, 2.05) is 0 Å². The van der Waals surface area contributed by atoms with E-state index < -0.39 is 6.10 Å². The molecule has 0 spiro atoms. The highest BCUT2D eigenvalue weighted by Gasteiger charge is 2.42. The third kappa shape index (κ3) is 11.9. The van der Waals surface area contributed by atoms with Crippen LogP contribution in [0.1, 0.15) is 150 Å². The summed E-state index contributed by atoms with van der Waals surface area (Å²) >= 11 is 0. The molecule has 4 aliphatic carbocycles. The van der Waals surface area contributed by atoms with Crippen LogP contribution < -0.4 is 0 Å². The second-order valence-electron chi connectivity index (χ2n) is 18.9. The molecule has 4 saturated carbocycles. The molecule has 3 unspecified atom stereocenters. The van der Waals surface area contributed by atoms with E-state index >= 15 is 0 Å². The van der Waals surface area contributed by atoms with Gasteiger partial charge in [-0.2, -0.15) is 0 Å². The number of epoxide rings is 2. The molecular weight excluding hydrogens is 628 g/mol. The first kappa shape index (κ1) is 39.4. The minimum absolute atomic E-state index is 0.285. The third-order valence-corrected chi connectivity index (χ3v) is 14.9. The first-order valence-corrected chi connectivity index (χ1v) is 21.5. The summed E-state index contributed by atoms with van der Waals surface area (Å²) in [4.78, 5) is 0. The number of hydrogen-bond acceptors (Lipinski definition) is 7. The SMILES string of the molecule is CC(C)(C1CCC(CCCCOCC(O)COC2CCC(C(C)(C)C3CCC(OCC4CO4)CC3)CC2)CC1)C1CCC(OCC2CO2)CC1. The second-order valence-corrected chi connectivity index (χ2v) is 18.9. The molecule has 0 aromatic heterocycles. The van der Waals surface area contributed by atoms with Gasteiger partial charge in [0.05, 0.1) is 58.0 Å². The van der Waals surface area contributed by atoms with Gasteiger partial charge in [0, 0.05) is 6.61 Å². The summed E-state index contributed by atoms with van der Waals surface area (Å²) in [6.45, 7) is 15.1. The maximum absolute atomic E-state index is 10.6. The zero-order valence-corrected chi connectivity index (χ0v) is 32.6. The Morgan fingerprint density at radius 2 is 0.940 bits per heavy atom. The molecule has 0 radical (unpaired) electrons. The van der Waals surface area contributed by atoms with Crippen LogP contribution in [0, 0.1) is 40.4 Å². The van der Waals surface area contributed by atoms with Crippen LogP contribution in [0.15, 0.2) is 0 Å². The molecule has 290 valence electrons. The molecule has 6 fully saturated rings. The highest BCUT2D eigenvalue weighted by atomic mass is 16.6. The Bertz CT molecular complexity index is 946. The Morgan fingerprint density at radius 3 is 1.36 bits per heavy atom. The lowest BCUT2D eigenvalue weighted by Crippen LogP contribution is -2.39. The topological polar surface area (TPSA) is 82.2 Å². The van der Waals surface area contributed by atoms with Gasteiger partial charge in [0.2, 0.25) is 0 Å². The van der Waals surface area contributed by atoms with Gasteiger partial charge in [-0.1, -0.05) is 53.4 Å². The molecule has 7 nitrogen and oxygen atoms in total. The van der Waals surface area contributed by atoms with E-state index in [9.17, 15) is 5.11 Å². The van der Waals surface area contributed by atoms with Gasteiger partial charge < -0.3 is 33.5 Å². The van der Waals surface area contributed by atoms with Crippen LogP contribution in [0.25, 0.3) is 0 Å². The van der Waals surface area contributed by atoms with Crippen molar-refractivity contribution in [1.29, 1.82) is 0 Å². The molecule has 1 N–H and O–H groups in total. The number of unbranched alkanes of at least 4 members (excludes halogenated alkanes) is 1. The average Bonchev–Trinajstić information content (AvgIpc) is 4.08. The maximum Gasteiger partial charge on any atom is 0.104 e. The highest BCUT2D eigenvalue weighted by molar-refractivity contribution is 4.92. The van der Waals surface area contributed by atoms with Crippen LogP contribution in [-0.4, -0.2) is 88.0 Å². The van der Waals surface area contributed by atoms with Gasteiger partial charge in [-0.3, -0.25) is 0 Å². The summed E-state index contributed by atoms with van der Waals surface area (Å²) < 4.78 is 34.9. The lowest BCUT2D eigenvalue weighted by molar-refractivity contribution is -0.0685. The molecule has 6 aliphatic rings. The van der Waals surface area contributed by atoms with Gasteiger partial charge in [-0.25, -0.2) is 0 Å². The molecule has 0 amide bonds. The number of hydrogen-bond donors (Lipinski definition) is 1. The fourth-order valence-electron chi connectivity index (χ4n) is 10.7. The fraction of sp³-hybridized carbons (Fsp3) is 1.00. The molecule has 2 heterocycles. The van der Waals surface area contributed by atoms with Crippen molar-refractivity contribution in [1.82, 2.24) is 0 Å². The number of aliphatic hydroxyl groups is 1. The van der Waals surface area contributed by atoms with Crippen molar-refractivity contribution in [2.75, 3.05) is 46.2 Å². The van der Waals surface area contributed by atoms with Crippen molar-refractivity contribution in [2.45, 2.75) is 186 Å². The maximum atomic E-state index is 10.6. The van der Waals surface area contributed by atoms with Crippen molar-refractivity contribution in [3.8, 4) is 0 Å².